The smallest absolute Gasteiger partial charge is 0.262 e. The lowest BCUT2D eigenvalue weighted by molar-refractivity contribution is 0.173. The summed E-state index contributed by atoms with van der Waals surface area (Å²) in [6.07, 6.45) is 3.80. The predicted octanol–water partition coefficient (Wildman–Crippen LogP) is 5.11. The highest BCUT2D eigenvalue weighted by Gasteiger charge is 2.18. The quantitative estimate of drug-likeness (QED) is 0.424. The van der Waals surface area contributed by atoms with E-state index in [9.17, 15) is 9.90 Å². The number of hydrogen-bond acceptors (Lipinski definition) is 6. The van der Waals surface area contributed by atoms with Gasteiger partial charge in [0.1, 0.15) is 23.0 Å². The molecular formula is C22H24N2O3S2. The molecule has 0 unspecified atom stereocenters. The van der Waals surface area contributed by atoms with Gasteiger partial charge in [0.2, 0.25) is 0 Å². The fourth-order valence-corrected chi connectivity index (χ4v) is 5.39. The van der Waals surface area contributed by atoms with E-state index in [0.717, 1.165) is 41.3 Å². The molecule has 0 spiro atoms. The van der Waals surface area contributed by atoms with Crippen molar-refractivity contribution in [2.24, 2.45) is 0 Å². The Balaban J connectivity index is 1.87. The highest BCUT2D eigenvalue weighted by Crippen LogP contribution is 2.38. The van der Waals surface area contributed by atoms with Gasteiger partial charge in [0.15, 0.2) is 0 Å². The number of phenolic OH excluding ortho intramolecular Hbond substituents is 1. The van der Waals surface area contributed by atoms with Crippen LogP contribution >= 0.6 is 22.7 Å². The van der Waals surface area contributed by atoms with Gasteiger partial charge in [-0.25, -0.2) is 4.98 Å². The standard InChI is InChI=1S/C22H24N2O3S2/c1-3-4-6-14-11-16-19-21(29-20(16)17(25)12-14)23-18(13-27-2)24(22(19)26)9-8-15-7-5-10-28-15/h5,7,10-12,25H,3-4,6,8-9,13H2,1-2H3. The maximum atomic E-state index is 13.5. The second-order valence-electron chi connectivity index (χ2n) is 7.12. The zero-order valence-corrected chi connectivity index (χ0v) is 18.2. The summed E-state index contributed by atoms with van der Waals surface area (Å²) in [4.78, 5) is 20.1. The lowest BCUT2D eigenvalue weighted by Crippen LogP contribution is -2.26. The molecule has 1 N–H and O–H groups in total. The number of aryl methyl sites for hydroxylation is 2. The Bertz CT molecular complexity index is 1190. The Morgan fingerprint density at radius 3 is 2.86 bits per heavy atom. The summed E-state index contributed by atoms with van der Waals surface area (Å²) < 4.78 is 7.76. The molecule has 0 fully saturated rings. The third kappa shape index (κ3) is 3.95. The topological polar surface area (TPSA) is 64.4 Å². The van der Waals surface area contributed by atoms with Crippen LogP contribution in [-0.2, 0) is 30.7 Å². The predicted molar refractivity (Wildman–Crippen MR) is 120 cm³/mol. The molecule has 0 atom stereocenters. The molecule has 4 rings (SSSR count). The van der Waals surface area contributed by atoms with Crippen LogP contribution in [0.3, 0.4) is 0 Å². The molecule has 0 aliphatic rings. The molecule has 0 bridgehead atoms. The minimum atomic E-state index is -0.0584. The maximum absolute atomic E-state index is 13.5. The summed E-state index contributed by atoms with van der Waals surface area (Å²) >= 11 is 3.06. The van der Waals surface area contributed by atoms with E-state index in [0.29, 0.717) is 22.6 Å². The number of nitrogens with zero attached hydrogens (tertiary/aromatic N) is 2. The zero-order chi connectivity index (χ0) is 20.4. The molecule has 0 amide bonds. The lowest BCUT2D eigenvalue weighted by atomic mass is 10.1. The van der Waals surface area contributed by atoms with E-state index in [1.54, 1.807) is 23.0 Å². The van der Waals surface area contributed by atoms with Crippen molar-refractivity contribution >= 4 is 43.0 Å². The molecule has 29 heavy (non-hydrogen) atoms. The van der Waals surface area contributed by atoms with Crippen molar-refractivity contribution in [1.29, 1.82) is 0 Å². The Morgan fingerprint density at radius 1 is 1.28 bits per heavy atom. The Labute approximate surface area is 177 Å². The second-order valence-corrected chi connectivity index (χ2v) is 9.16. The van der Waals surface area contributed by atoms with E-state index in [1.165, 1.54) is 16.2 Å². The maximum Gasteiger partial charge on any atom is 0.262 e. The van der Waals surface area contributed by atoms with Crippen molar-refractivity contribution < 1.29 is 9.84 Å². The number of unbranched alkanes of at least 4 members (excludes halogenated alkanes) is 1. The number of phenols is 1. The number of thiophene rings is 2. The summed E-state index contributed by atoms with van der Waals surface area (Å²) in [6.45, 7) is 2.98. The SMILES string of the molecule is CCCCc1cc(O)c2sc3nc(COC)n(CCc4cccs4)c(=O)c3c2c1. The van der Waals surface area contributed by atoms with Crippen molar-refractivity contribution in [3.05, 3.63) is 56.3 Å². The molecule has 0 saturated carbocycles. The lowest BCUT2D eigenvalue weighted by Gasteiger charge is -2.11. The van der Waals surface area contributed by atoms with Crippen molar-refractivity contribution in [3.63, 3.8) is 0 Å². The van der Waals surface area contributed by atoms with Gasteiger partial charge in [-0.3, -0.25) is 9.36 Å². The number of aromatic nitrogens is 2. The van der Waals surface area contributed by atoms with Gasteiger partial charge < -0.3 is 9.84 Å². The molecule has 0 saturated heterocycles. The Morgan fingerprint density at radius 2 is 2.14 bits per heavy atom. The van der Waals surface area contributed by atoms with E-state index >= 15 is 0 Å². The van der Waals surface area contributed by atoms with Gasteiger partial charge >= 0.3 is 0 Å². The van der Waals surface area contributed by atoms with Crippen LogP contribution in [0.25, 0.3) is 20.3 Å². The highest BCUT2D eigenvalue weighted by atomic mass is 32.1. The molecule has 4 aromatic rings. The first kappa shape index (κ1) is 20.1. The monoisotopic (exact) mass is 428 g/mol. The number of benzene rings is 1. The average molecular weight is 429 g/mol. The van der Waals surface area contributed by atoms with Crippen molar-refractivity contribution in [2.45, 2.75) is 45.8 Å². The number of hydrogen-bond donors (Lipinski definition) is 1. The molecule has 1 aromatic carbocycles. The molecule has 0 aliphatic heterocycles. The van der Waals surface area contributed by atoms with Crippen molar-refractivity contribution in [3.8, 4) is 5.75 Å². The van der Waals surface area contributed by atoms with E-state index in [1.807, 2.05) is 23.6 Å². The molecule has 152 valence electrons. The number of methoxy groups -OCH3 is 1. The summed E-state index contributed by atoms with van der Waals surface area (Å²) in [5.74, 6) is 0.855. The van der Waals surface area contributed by atoms with Crippen molar-refractivity contribution in [2.75, 3.05) is 7.11 Å². The minimum absolute atomic E-state index is 0.0584. The molecular weight excluding hydrogens is 404 g/mol. The Kier molecular flexibility index (Phi) is 5.99. The third-order valence-corrected chi connectivity index (χ3v) is 7.12. The average Bonchev–Trinajstić information content (AvgIpc) is 3.34. The molecule has 0 radical (unpaired) electrons. The van der Waals surface area contributed by atoms with Crippen LogP contribution in [0.5, 0.6) is 5.75 Å². The largest absolute Gasteiger partial charge is 0.506 e. The number of ether oxygens (including phenoxy) is 1. The van der Waals surface area contributed by atoms with Gasteiger partial charge in [-0.05, 0) is 48.4 Å². The summed E-state index contributed by atoms with van der Waals surface area (Å²) in [5.41, 5.74) is 0.999. The van der Waals surface area contributed by atoms with Crippen LogP contribution in [0, 0.1) is 0 Å². The molecule has 3 heterocycles. The first-order valence-electron chi connectivity index (χ1n) is 9.81. The minimum Gasteiger partial charge on any atom is -0.506 e. The van der Waals surface area contributed by atoms with Crippen LogP contribution < -0.4 is 5.56 Å². The van der Waals surface area contributed by atoms with Gasteiger partial charge in [-0.1, -0.05) is 19.4 Å². The highest BCUT2D eigenvalue weighted by molar-refractivity contribution is 7.25. The van der Waals surface area contributed by atoms with Gasteiger partial charge in [0.05, 0.1) is 10.1 Å². The summed E-state index contributed by atoms with van der Waals surface area (Å²) in [6, 6.07) is 7.97. The molecule has 3 aromatic heterocycles. The van der Waals surface area contributed by atoms with E-state index in [2.05, 4.69) is 13.0 Å². The van der Waals surface area contributed by atoms with Gasteiger partial charge in [-0.2, -0.15) is 0 Å². The first-order valence-corrected chi connectivity index (χ1v) is 11.5. The second kappa shape index (κ2) is 8.65. The van der Waals surface area contributed by atoms with Gasteiger partial charge in [0.25, 0.3) is 5.56 Å². The van der Waals surface area contributed by atoms with Gasteiger partial charge in [-0.15, -0.1) is 22.7 Å². The summed E-state index contributed by atoms with van der Waals surface area (Å²) in [7, 11) is 1.61. The summed E-state index contributed by atoms with van der Waals surface area (Å²) in [5, 5.41) is 14.0. The fourth-order valence-electron chi connectivity index (χ4n) is 3.61. The van der Waals surface area contributed by atoms with Crippen LogP contribution in [0.2, 0.25) is 0 Å². The molecule has 5 nitrogen and oxygen atoms in total. The number of rotatable bonds is 8. The number of fused-ring (bicyclic) bond motifs is 3. The van der Waals surface area contributed by atoms with Crippen LogP contribution in [0.1, 0.15) is 36.0 Å². The van der Waals surface area contributed by atoms with E-state index in [4.69, 9.17) is 9.72 Å². The first-order chi connectivity index (χ1) is 14.1. The van der Waals surface area contributed by atoms with Crippen LogP contribution in [0.4, 0.5) is 0 Å². The van der Waals surface area contributed by atoms with E-state index in [-0.39, 0.29) is 17.9 Å². The third-order valence-electron chi connectivity index (χ3n) is 5.07. The molecule has 0 aliphatic carbocycles. The van der Waals surface area contributed by atoms with Crippen molar-refractivity contribution in [1.82, 2.24) is 9.55 Å². The van der Waals surface area contributed by atoms with Gasteiger partial charge in [0, 0.05) is 23.9 Å². The van der Waals surface area contributed by atoms with Crippen LogP contribution in [0.15, 0.2) is 34.4 Å². The zero-order valence-electron chi connectivity index (χ0n) is 16.6. The molecule has 7 heteroatoms. The van der Waals surface area contributed by atoms with E-state index < -0.39 is 0 Å². The Hall–Kier alpha value is -2.22. The number of aromatic hydroxyl groups is 1. The van der Waals surface area contributed by atoms with Crippen LogP contribution in [-0.4, -0.2) is 21.8 Å². The normalized spacial score (nSPS) is 11.7. The fraction of sp³-hybridized carbons (Fsp3) is 0.364.